The van der Waals surface area contributed by atoms with Crippen LogP contribution < -0.4 is 5.32 Å². The Hall–Kier alpha value is -3.60. The highest BCUT2D eigenvalue weighted by Gasteiger charge is 2.12. The maximum Gasteiger partial charge on any atom is 0.229 e. The second-order valence-electron chi connectivity index (χ2n) is 6.82. The lowest BCUT2D eigenvalue weighted by molar-refractivity contribution is -0.115. The summed E-state index contributed by atoms with van der Waals surface area (Å²) in [6, 6.07) is 20.2. The number of nitrogens with zero attached hydrogens (tertiary/aromatic N) is 2. The molecule has 0 saturated carbocycles. The van der Waals surface area contributed by atoms with Crippen LogP contribution in [0.2, 0.25) is 0 Å². The highest BCUT2D eigenvalue weighted by atomic mass is 19.1. The molecule has 5 heteroatoms. The molecule has 0 bridgehead atoms. The van der Waals surface area contributed by atoms with Crippen molar-refractivity contribution in [2.75, 3.05) is 5.32 Å². The van der Waals surface area contributed by atoms with E-state index in [-0.39, 0.29) is 18.1 Å². The largest absolute Gasteiger partial charge is 0.309 e. The molecule has 0 atom stereocenters. The van der Waals surface area contributed by atoms with Crippen molar-refractivity contribution >= 4 is 22.5 Å². The number of hydrogen-bond donors (Lipinski definition) is 1. The maximum absolute atomic E-state index is 13.1. The van der Waals surface area contributed by atoms with E-state index in [1.807, 2.05) is 49.4 Å². The minimum atomic E-state index is -0.296. The molecule has 0 radical (unpaired) electrons. The van der Waals surface area contributed by atoms with Crippen molar-refractivity contribution < 1.29 is 9.18 Å². The molecular formula is C24H20FN3O. The van der Waals surface area contributed by atoms with E-state index < -0.39 is 0 Å². The number of halogens is 1. The zero-order valence-electron chi connectivity index (χ0n) is 16.0. The van der Waals surface area contributed by atoms with Gasteiger partial charge in [-0.2, -0.15) is 0 Å². The van der Waals surface area contributed by atoms with E-state index in [1.54, 1.807) is 18.3 Å². The number of anilines is 1. The van der Waals surface area contributed by atoms with Crippen molar-refractivity contribution in [3.63, 3.8) is 0 Å². The minimum Gasteiger partial charge on any atom is -0.309 e. The van der Waals surface area contributed by atoms with E-state index in [0.29, 0.717) is 23.6 Å². The molecule has 144 valence electrons. The molecule has 0 saturated heterocycles. The predicted molar refractivity (Wildman–Crippen MR) is 113 cm³/mol. The first-order valence-electron chi connectivity index (χ1n) is 9.52. The normalized spacial score (nSPS) is 10.8. The summed E-state index contributed by atoms with van der Waals surface area (Å²) in [5.41, 5.74) is 3.06. The summed E-state index contributed by atoms with van der Waals surface area (Å²) in [6.07, 6.45) is 2.47. The third kappa shape index (κ3) is 4.29. The molecule has 0 aliphatic heterocycles. The highest BCUT2D eigenvalue weighted by molar-refractivity contribution is 5.93. The lowest BCUT2D eigenvalue weighted by Crippen LogP contribution is -2.17. The Bertz CT molecular complexity index is 1170. The molecule has 1 aromatic heterocycles. The molecular weight excluding hydrogens is 365 g/mol. The van der Waals surface area contributed by atoms with Gasteiger partial charge in [0.15, 0.2) is 5.82 Å². The Kier molecular flexibility index (Phi) is 5.29. The smallest absolute Gasteiger partial charge is 0.229 e. The number of fused-ring (bicyclic) bond motifs is 1. The Balaban J connectivity index is 1.51. The fraction of sp³-hybridized carbons (Fsp3) is 0.125. The molecule has 0 aliphatic carbocycles. The van der Waals surface area contributed by atoms with Gasteiger partial charge in [0.05, 0.1) is 24.0 Å². The van der Waals surface area contributed by atoms with Gasteiger partial charge in [-0.05, 0) is 47.0 Å². The molecule has 0 spiro atoms. The number of carbonyl (C=O) groups is 1. The summed E-state index contributed by atoms with van der Waals surface area (Å²) >= 11 is 0. The van der Waals surface area contributed by atoms with E-state index in [9.17, 15) is 9.18 Å². The number of benzene rings is 3. The fourth-order valence-corrected chi connectivity index (χ4v) is 3.25. The van der Waals surface area contributed by atoms with Crippen LogP contribution in [0.4, 0.5) is 10.2 Å². The van der Waals surface area contributed by atoms with Gasteiger partial charge >= 0.3 is 0 Å². The SMILES string of the molecule is CCc1nc(-c2ccc(F)cc2)cnc1NC(=O)Cc1ccc2ccccc2c1. The second-order valence-corrected chi connectivity index (χ2v) is 6.82. The molecule has 0 aliphatic rings. The first-order chi connectivity index (χ1) is 14.1. The third-order valence-electron chi connectivity index (χ3n) is 4.76. The van der Waals surface area contributed by atoms with Crippen LogP contribution in [0.15, 0.2) is 72.9 Å². The van der Waals surface area contributed by atoms with Crippen molar-refractivity contribution in [2.24, 2.45) is 0 Å². The van der Waals surface area contributed by atoms with Crippen molar-refractivity contribution in [1.82, 2.24) is 9.97 Å². The molecule has 1 N–H and O–H groups in total. The molecule has 1 amide bonds. The number of aromatic nitrogens is 2. The van der Waals surface area contributed by atoms with Gasteiger partial charge in [-0.3, -0.25) is 4.79 Å². The van der Waals surface area contributed by atoms with Crippen molar-refractivity contribution in [3.05, 3.63) is 90.0 Å². The lowest BCUT2D eigenvalue weighted by atomic mass is 10.0. The van der Waals surface area contributed by atoms with Gasteiger partial charge in [-0.15, -0.1) is 0 Å². The molecule has 4 nitrogen and oxygen atoms in total. The van der Waals surface area contributed by atoms with Gasteiger partial charge in [0, 0.05) is 5.56 Å². The van der Waals surface area contributed by atoms with Crippen molar-refractivity contribution in [1.29, 1.82) is 0 Å². The zero-order valence-corrected chi connectivity index (χ0v) is 16.0. The summed E-state index contributed by atoms with van der Waals surface area (Å²) in [7, 11) is 0. The van der Waals surface area contributed by atoms with Crippen LogP contribution >= 0.6 is 0 Å². The number of hydrogen-bond acceptors (Lipinski definition) is 3. The Morgan fingerprint density at radius 2 is 1.76 bits per heavy atom. The quantitative estimate of drug-likeness (QED) is 0.515. The maximum atomic E-state index is 13.1. The summed E-state index contributed by atoms with van der Waals surface area (Å²) in [5.74, 6) is 0.0259. The summed E-state index contributed by atoms with van der Waals surface area (Å²) in [4.78, 5) is 21.5. The molecule has 3 aromatic carbocycles. The number of aryl methyl sites for hydroxylation is 1. The lowest BCUT2D eigenvalue weighted by Gasteiger charge is -2.10. The number of nitrogens with one attached hydrogen (secondary N) is 1. The van der Waals surface area contributed by atoms with Gasteiger partial charge < -0.3 is 5.32 Å². The number of rotatable bonds is 5. The van der Waals surface area contributed by atoms with Crippen LogP contribution in [0, 0.1) is 5.82 Å². The van der Waals surface area contributed by atoms with Crippen molar-refractivity contribution in [2.45, 2.75) is 19.8 Å². The average molecular weight is 385 g/mol. The Morgan fingerprint density at radius 1 is 1.00 bits per heavy atom. The summed E-state index contributed by atoms with van der Waals surface area (Å²) < 4.78 is 13.1. The van der Waals surface area contributed by atoms with Gasteiger partial charge in [-0.1, -0.05) is 49.4 Å². The summed E-state index contributed by atoms with van der Waals surface area (Å²) in [6.45, 7) is 1.96. The van der Waals surface area contributed by atoms with Gasteiger partial charge in [0.1, 0.15) is 5.82 Å². The first kappa shape index (κ1) is 18.7. The van der Waals surface area contributed by atoms with E-state index in [1.165, 1.54) is 12.1 Å². The Morgan fingerprint density at radius 3 is 2.52 bits per heavy atom. The van der Waals surface area contributed by atoms with E-state index in [0.717, 1.165) is 21.9 Å². The van der Waals surface area contributed by atoms with Crippen LogP contribution in [0.25, 0.3) is 22.0 Å². The summed E-state index contributed by atoms with van der Waals surface area (Å²) in [5, 5.41) is 5.13. The molecule has 4 rings (SSSR count). The monoisotopic (exact) mass is 385 g/mol. The molecule has 1 heterocycles. The predicted octanol–water partition coefficient (Wildman–Crippen LogP) is 5.18. The third-order valence-corrected chi connectivity index (χ3v) is 4.76. The molecule has 4 aromatic rings. The van der Waals surface area contributed by atoms with E-state index >= 15 is 0 Å². The van der Waals surface area contributed by atoms with Gasteiger partial charge in [-0.25, -0.2) is 14.4 Å². The van der Waals surface area contributed by atoms with Crippen LogP contribution in [-0.4, -0.2) is 15.9 Å². The zero-order chi connectivity index (χ0) is 20.2. The number of amides is 1. The Labute approximate surface area is 168 Å². The highest BCUT2D eigenvalue weighted by Crippen LogP contribution is 2.21. The van der Waals surface area contributed by atoms with Gasteiger partial charge in [0.2, 0.25) is 5.91 Å². The standard InChI is InChI=1S/C24H20FN3O/c1-2-21-24(26-15-22(27-21)18-9-11-20(25)12-10-18)28-23(29)14-16-7-8-17-5-3-4-6-19(17)13-16/h3-13,15H,2,14H2,1H3,(H,26,28,29). The molecule has 29 heavy (non-hydrogen) atoms. The van der Waals surface area contributed by atoms with Crippen LogP contribution in [0.3, 0.4) is 0 Å². The van der Waals surface area contributed by atoms with E-state index in [4.69, 9.17) is 0 Å². The van der Waals surface area contributed by atoms with Crippen molar-refractivity contribution in [3.8, 4) is 11.3 Å². The van der Waals surface area contributed by atoms with Crippen LogP contribution in [0.5, 0.6) is 0 Å². The minimum absolute atomic E-state index is 0.140. The average Bonchev–Trinajstić information content (AvgIpc) is 2.74. The number of carbonyl (C=O) groups excluding carboxylic acids is 1. The topological polar surface area (TPSA) is 54.9 Å². The van der Waals surface area contributed by atoms with Gasteiger partial charge in [0.25, 0.3) is 0 Å². The fourth-order valence-electron chi connectivity index (χ4n) is 3.25. The first-order valence-corrected chi connectivity index (χ1v) is 9.52. The van der Waals surface area contributed by atoms with Crippen LogP contribution in [-0.2, 0) is 17.6 Å². The second kappa shape index (κ2) is 8.19. The van der Waals surface area contributed by atoms with E-state index in [2.05, 4.69) is 15.3 Å². The molecule has 0 unspecified atom stereocenters. The van der Waals surface area contributed by atoms with Crippen LogP contribution in [0.1, 0.15) is 18.2 Å². The molecule has 0 fully saturated rings.